The van der Waals surface area contributed by atoms with Gasteiger partial charge in [0.1, 0.15) is 0 Å². The lowest BCUT2D eigenvalue weighted by molar-refractivity contribution is 0.318. The van der Waals surface area contributed by atoms with E-state index in [0.29, 0.717) is 0 Å². The molecule has 3 aromatic heterocycles. The number of hydrogen-bond acceptors (Lipinski definition) is 3. The predicted octanol–water partition coefficient (Wildman–Crippen LogP) is 14.6. The van der Waals surface area contributed by atoms with Crippen LogP contribution in [0.15, 0.2) is 23.6 Å². The van der Waals surface area contributed by atoms with Gasteiger partial charge in [0.15, 0.2) is 0 Å². The highest BCUT2D eigenvalue weighted by Gasteiger charge is 2.26. The summed E-state index contributed by atoms with van der Waals surface area (Å²) < 4.78 is 0. The van der Waals surface area contributed by atoms with E-state index in [0.717, 1.165) is 35.5 Å². The van der Waals surface area contributed by atoms with Gasteiger partial charge in [0, 0.05) is 24.4 Å². The molecule has 3 heteroatoms. The molecule has 0 unspecified atom stereocenters. The molecule has 3 aliphatic carbocycles. The van der Waals surface area contributed by atoms with Gasteiger partial charge in [0.05, 0.1) is 0 Å². The van der Waals surface area contributed by atoms with E-state index in [1.807, 2.05) is 34.0 Å². The first-order chi connectivity index (χ1) is 21.5. The lowest BCUT2D eigenvalue weighted by Gasteiger charge is -2.28. The summed E-state index contributed by atoms with van der Waals surface area (Å²) in [6.45, 7) is 9.49. The average molecular weight is 645 g/mol. The number of aryl methyl sites for hydroxylation is 1. The summed E-state index contributed by atoms with van der Waals surface area (Å²) in [7, 11) is 0. The highest BCUT2D eigenvalue weighted by Crippen LogP contribution is 2.44. The van der Waals surface area contributed by atoms with Gasteiger partial charge >= 0.3 is 0 Å². The summed E-state index contributed by atoms with van der Waals surface area (Å²) >= 11 is 5.98. The third kappa shape index (κ3) is 7.75. The highest BCUT2D eigenvalue weighted by atomic mass is 32.1. The maximum absolute atomic E-state index is 2.56. The lowest BCUT2D eigenvalue weighted by atomic mass is 9.77. The quantitative estimate of drug-likeness (QED) is 0.206. The second kappa shape index (κ2) is 15.4. The molecule has 0 radical (unpaired) electrons. The Bertz CT molecular complexity index is 1370. The van der Waals surface area contributed by atoms with Crippen molar-refractivity contribution in [2.24, 2.45) is 17.8 Å². The molecule has 0 bridgehead atoms. The van der Waals surface area contributed by atoms with Crippen molar-refractivity contribution in [3.63, 3.8) is 0 Å². The van der Waals surface area contributed by atoms with Gasteiger partial charge in [-0.25, -0.2) is 0 Å². The first-order valence-electron chi connectivity index (χ1n) is 18.2. The first kappa shape index (κ1) is 32.5. The average Bonchev–Trinajstić information content (AvgIpc) is 3.81. The fourth-order valence-electron chi connectivity index (χ4n) is 8.74. The molecule has 0 nitrogen and oxygen atoms in total. The van der Waals surface area contributed by atoms with Crippen molar-refractivity contribution in [2.45, 2.75) is 142 Å². The second-order valence-corrected chi connectivity index (χ2v) is 17.8. The summed E-state index contributed by atoms with van der Waals surface area (Å²) in [4.78, 5) is 7.43. The third-order valence-corrected chi connectivity index (χ3v) is 14.9. The maximum Gasteiger partial charge on any atom is 0.0312 e. The van der Waals surface area contributed by atoms with Crippen molar-refractivity contribution in [3.8, 4) is 0 Å². The first-order valence-corrected chi connectivity index (χ1v) is 20.7. The Morgan fingerprint density at radius 1 is 0.545 bits per heavy atom. The van der Waals surface area contributed by atoms with Crippen molar-refractivity contribution >= 4 is 58.3 Å². The largest absolute Gasteiger partial charge is 0.144 e. The summed E-state index contributed by atoms with van der Waals surface area (Å²) in [6, 6.07) is 7.53. The van der Waals surface area contributed by atoms with Crippen LogP contribution >= 0.6 is 34.0 Å². The molecule has 0 N–H and O–H groups in total. The highest BCUT2D eigenvalue weighted by molar-refractivity contribution is 7.14. The van der Waals surface area contributed by atoms with E-state index in [2.05, 4.69) is 75.6 Å². The van der Waals surface area contributed by atoms with Crippen molar-refractivity contribution in [2.75, 3.05) is 0 Å². The van der Waals surface area contributed by atoms with Gasteiger partial charge in [-0.2, -0.15) is 0 Å². The van der Waals surface area contributed by atoms with E-state index in [4.69, 9.17) is 0 Å². The van der Waals surface area contributed by atoms with E-state index in [-0.39, 0.29) is 0 Å². The van der Waals surface area contributed by atoms with Crippen LogP contribution in [0, 0.1) is 24.7 Å². The van der Waals surface area contributed by atoms with Gasteiger partial charge in [-0.15, -0.1) is 34.0 Å². The summed E-state index contributed by atoms with van der Waals surface area (Å²) in [5.41, 5.74) is 4.88. The molecule has 6 rings (SSSR count). The fourth-order valence-corrected chi connectivity index (χ4v) is 11.7. The van der Waals surface area contributed by atoms with Gasteiger partial charge in [-0.05, 0) is 184 Å². The SMILES string of the molecule is CCC1CCC(c2cc(/C=C/c3sc(/C=C/c4sccc4C4CCC(CC)CC4)cc3C3CCC(CC)CC3)sc2C)CC1. The Morgan fingerprint density at radius 3 is 1.55 bits per heavy atom. The van der Waals surface area contributed by atoms with Crippen molar-refractivity contribution in [1.82, 2.24) is 0 Å². The summed E-state index contributed by atoms with van der Waals surface area (Å²) in [5, 5.41) is 2.33. The van der Waals surface area contributed by atoms with Crippen LogP contribution in [0.5, 0.6) is 0 Å². The van der Waals surface area contributed by atoms with Crippen molar-refractivity contribution in [1.29, 1.82) is 0 Å². The van der Waals surface area contributed by atoms with Crippen LogP contribution in [-0.4, -0.2) is 0 Å². The maximum atomic E-state index is 2.56. The van der Waals surface area contributed by atoms with Crippen LogP contribution in [0.2, 0.25) is 0 Å². The Morgan fingerprint density at radius 2 is 1.00 bits per heavy atom. The third-order valence-electron chi connectivity index (χ3n) is 11.9. The number of thiophene rings is 3. The molecule has 0 spiro atoms. The molecule has 238 valence electrons. The van der Waals surface area contributed by atoms with E-state index >= 15 is 0 Å². The van der Waals surface area contributed by atoms with Crippen molar-refractivity contribution < 1.29 is 0 Å². The van der Waals surface area contributed by atoms with Gasteiger partial charge in [0.2, 0.25) is 0 Å². The van der Waals surface area contributed by atoms with Gasteiger partial charge in [-0.3, -0.25) is 0 Å². The molecule has 44 heavy (non-hydrogen) atoms. The van der Waals surface area contributed by atoms with Crippen LogP contribution in [0.4, 0.5) is 0 Å². The topological polar surface area (TPSA) is 0 Å². The molecule has 0 aliphatic heterocycles. The van der Waals surface area contributed by atoms with Gasteiger partial charge < -0.3 is 0 Å². The van der Waals surface area contributed by atoms with Gasteiger partial charge in [0.25, 0.3) is 0 Å². The predicted molar refractivity (Wildman–Crippen MR) is 201 cm³/mol. The van der Waals surface area contributed by atoms with E-state index < -0.39 is 0 Å². The normalized spacial score (nSPS) is 28.4. The molecule has 0 amide bonds. The minimum Gasteiger partial charge on any atom is -0.144 e. The zero-order valence-electron chi connectivity index (χ0n) is 27.9. The monoisotopic (exact) mass is 644 g/mol. The van der Waals surface area contributed by atoms with E-state index in [1.54, 1.807) is 21.6 Å². The standard InChI is InChI=1S/C41H56S3/c1-5-29-8-14-32(15-9-29)37-24-25-42-40(37)22-20-36-27-39(34-18-12-31(7-3)13-19-34)41(44-36)23-21-35-26-38(28(4)43-35)33-16-10-30(6-2)11-17-33/h20-27,29-34H,5-19H2,1-4H3/b22-20+,23-21+. The number of rotatable bonds is 10. The van der Waals surface area contributed by atoms with E-state index in [1.165, 1.54) is 116 Å². The van der Waals surface area contributed by atoms with Crippen LogP contribution in [0.25, 0.3) is 24.3 Å². The summed E-state index contributed by atoms with van der Waals surface area (Å²) in [6.07, 6.45) is 30.6. The fraction of sp³-hybridized carbons (Fsp3) is 0.610. The molecule has 3 saturated carbocycles. The summed E-state index contributed by atoms with van der Waals surface area (Å²) in [5.74, 6) is 5.12. The Labute approximate surface area is 281 Å². The lowest BCUT2D eigenvalue weighted by Crippen LogP contribution is -2.12. The molecular formula is C41H56S3. The van der Waals surface area contributed by atoms with Crippen LogP contribution < -0.4 is 0 Å². The number of hydrogen-bond donors (Lipinski definition) is 0. The van der Waals surface area contributed by atoms with Crippen LogP contribution in [0.3, 0.4) is 0 Å². The zero-order chi connectivity index (χ0) is 30.5. The Balaban J connectivity index is 1.21. The van der Waals surface area contributed by atoms with Crippen LogP contribution in [-0.2, 0) is 0 Å². The molecule has 3 aliphatic rings. The second-order valence-electron chi connectivity index (χ2n) is 14.4. The molecule has 3 heterocycles. The van der Waals surface area contributed by atoms with Gasteiger partial charge in [-0.1, -0.05) is 40.0 Å². The molecule has 0 saturated heterocycles. The van der Waals surface area contributed by atoms with Crippen LogP contribution in [0.1, 0.15) is 176 Å². The molecule has 3 fully saturated rings. The van der Waals surface area contributed by atoms with E-state index in [9.17, 15) is 0 Å². The minimum absolute atomic E-state index is 0.719. The molecule has 0 aromatic carbocycles. The molecule has 0 atom stereocenters. The minimum atomic E-state index is 0.719. The Kier molecular flexibility index (Phi) is 11.4. The zero-order valence-corrected chi connectivity index (χ0v) is 30.4. The van der Waals surface area contributed by atoms with Crippen molar-refractivity contribution in [3.05, 3.63) is 64.7 Å². The smallest absolute Gasteiger partial charge is 0.0312 e. The molecular weight excluding hydrogens is 589 g/mol. The molecule has 3 aromatic rings. The Hall–Kier alpha value is -1.42.